The van der Waals surface area contributed by atoms with Crippen molar-refractivity contribution in [2.45, 2.75) is 25.9 Å². The maximum atomic E-state index is 5.56. The van der Waals surface area contributed by atoms with Crippen molar-refractivity contribution < 1.29 is 4.74 Å². The Morgan fingerprint density at radius 3 is 2.40 bits per heavy atom. The van der Waals surface area contributed by atoms with Crippen molar-refractivity contribution in [3.63, 3.8) is 0 Å². The molecule has 0 amide bonds. The first-order chi connectivity index (χ1) is 9.65. The summed E-state index contributed by atoms with van der Waals surface area (Å²) < 4.78 is 5.56. The second-order valence-electron chi connectivity index (χ2n) is 4.86. The van der Waals surface area contributed by atoms with Gasteiger partial charge in [0.1, 0.15) is 11.9 Å². The minimum absolute atomic E-state index is 0.289. The Hall–Kier alpha value is -1.98. The van der Waals surface area contributed by atoms with Crippen LogP contribution < -0.4 is 11.3 Å². The van der Waals surface area contributed by atoms with Crippen LogP contribution in [0.5, 0.6) is 0 Å². The van der Waals surface area contributed by atoms with Crippen molar-refractivity contribution in [3.05, 3.63) is 53.5 Å². The fourth-order valence-electron chi connectivity index (χ4n) is 1.99. The fraction of sp³-hybridized carbons (Fsp3) is 0.333. The van der Waals surface area contributed by atoms with E-state index in [0.29, 0.717) is 11.6 Å². The zero-order chi connectivity index (χ0) is 14.5. The molecule has 0 aliphatic heterocycles. The van der Waals surface area contributed by atoms with E-state index in [4.69, 9.17) is 10.6 Å². The van der Waals surface area contributed by atoms with Crippen LogP contribution in [0.15, 0.2) is 36.4 Å². The highest BCUT2D eigenvalue weighted by atomic mass is 16.5. The molecule has 2 aromatic rings. The summed E-state index contributed by atoms with van der Waals surface area (Å²) in [5.41, 5.74) is 4.53. The molecule has 0 bridgehead atoms. The third-order valence-electron chi connectivity index (χ3n) is 3.08. The molecule has 0 spiro atoms. The van der Waals surface area contributed by atoms with Gasteiger partial charge in [-0.3, -0.25) is 0 Å². The quantitative estimate of drug-likeness (QED) is 0.646. The third-order valence-corrected chi connectivity index (χ3v) is 3.08. The molecule has 1 aromatic heterocycles. The monoisotopic (exact) mass is 272 g/mol. The second kappa shape index (κ2) is 6.45. The van der Waals surface area contributed by atoms with Gasteiger partial charge < -0.3 is 10.2 Å². The van der Waals surface area contributed by atoms with Crippen LogP contribution in [-0.2, 0) is 4.74 Å². The molecule has 106 valence electrons. The van der Waals surface area contributed by atoms with Crippen molar-refractivity contribution in [1.82, 2.24) is 9.97 Å². The van der Waals surface area contributed by atoms with Gasteiger partial charge in [-0.25, -0.2) is 15.8 Å². The molecule has 0 radical (unpaired) electrons. The lowest BCUT2D eigenvalue weighted by molar-refractivity contribution is 0.129. The lowest BCUT2D eigenvalue weighted by atomic mass is 10.1. The molecule has 0 aliphatic rings. The molecule has 0 saturated carbocycles. The standard InChI is InChI=1S/C15H20N4O/c1-10(2)12-9-13(19-16)18-15(17-12)14(20-3)11-7-5-4-6-8-11/h4-10,14H,16H2,1-3H3,(H,17,18,19). The maximum absolute atomic E-state index is 5.56. The number of anilines is 1. The van der Waals surface area contributed by atoms with Crippen LogP contribution in [0.4, 0.5) is 5.82 Å². The summed E-state index contributed by atoms with van der Waals surface area (Å²) in [4.78, 5) is 9.01. The predicted octanol–water partition coefficient (Wildman–Crippen LogP) is 2.62. The van der Waals surface area contributed by atoms with Gasteiger partial charge in [0.2, 0.25) is 0 Å². The van der Waals surface area contributed by atoms with E-state index in [1.807, 2.05) is 36.4 Å². The van der Waals surface area contributed by atoms with Crippen LogP contribution in [0.3, 0.4) is 0 Å². The first-order valence-corrected chi connectivity index (χ1v) is 6.59. The summed E-state index contributed by atoms with van der Waals surface area (Å²) in [7, 11) is 1.65. The van der Waals surface area contributed by atoms with E-state index in [2.05, 4.69) is 29.2 Å². The van der Waals surface area contributed by atoms with Gasteiger partial charge in [-0.15, -0.1) is 0 Å². The number of hydrogen-bond donors (Lipinski definition) is 2. The lowest BCUT2D eigenvalue weighted by Gasteiger charge is -2.17. The molecule has 0 aliphatic carbocycles. The van der Waals surface area contributed by atoms with E-state index >= 15 is 0 Å². The van der Waals surface area contributed by atoms with E-state index in [0.717, 1.165) is 11.3 Å². The summed E-state index contributed by atoms with van der Waals surface area (Å²) in [6.45, 7) is 4.16. The number of ether oxygens (including phenoxy) is 1. The zero-order valence-corrected chi connectivity index (χ0v) is 12.0. The lowest BCUT2D eigenvalue weighted by Crippen LogP contribution is -2.15. The van der Waals surface area contributed by atoms with Gasteiger partial charge in [-0.05, 0) is 11.5 Å². The molecule has 20 heavy (non-hydrogen) atoms. The molecule has 0 saturated heterocycles. The summed E-state index contributed by atoms with van der Waals surface area (Å²) >= 11 is 0. The highest BCUT2D eigenvalue weighted by molar-refractivity contribution is 5.37. The molecule has 3 N–H and O–H groups in total. The maximum Gasteiger partial charge on any atom is 0.164 e. The number of aromatic nitrogens is 2. The van der Waals surface area contributed by atoms with E-state index < -0.39 is 0 Å². The largest absolute Gasteiger partial charge is 0.369 e. The molecule has 1 aromatic carbocycles. The Labute approximate surface area is 119 Å². The Balaban J connectivity index is 2.46. The van der Waals surface area contributed by atoms with Gasteiger partial charge in [-0.1, -0.05) is 44.2 Å². The minimum atomic E-state index is -0.304. The Morgan fingerprint density at radius 2 is 1.85 bits per heavy atom. The van der Waals surface area contributed by atoms with Gasteiger partial charge in [0.25, 0.3) is 0 Å². The first kappa shape index (κ1) is 14.4. The van der Waals surface area contributed by atoms with Crippen molar-refractivity contribution in [1.29, 1.82) is 0 Å². The van der Waals surface area contributed by atoms with Crippen molar-refractivity contribution in [2.75, 3.05) is 12.5 Å². The van der Waals surface area contributed by atoms with Crippen molar-refractivity contribution in [3.8, 4) is 0 Å². The van der Waals surface area contributed by atoms with Gasteiger partial charge >= 0.3 is 0 Å². The Morgan fingerprint density at radius 1 is 1.15 bits per heavy atom. The number of rotatable bonds is 5. The van der Waals surface area contributed by atoms with Crippen LogP contribution in [0.2, 0.25) is 0 Å². The van der Waals surface area contributed by atoms with Crippen LogP contribution >= 0.6 is 0 Å². The highest BCUT2D eigenvalue weighted by Crippen LogP contribution is 2.25. The van der Waals surface area contributed by atoms with Gasteiger partial charge in [0.15, 0.2) is 5.82 Å². The molecule has 1 heterocycles. The molecule has 5 heteroatoms. The van der Waals surface area contributed by atoms with Gasteiger partial charge in [0.05, 0.1) is 0 Å². The van der Waals surface area contributed by atoms with Gasteiger partial charge in [-0.2, -0.15) is 0 Å². The SMILES string of the molecule is COC(c1ccccc1)c1nc(NN)cc(C(C)C)n1. The first-order valence-electron chi connectivity index (χ1n) is 6.59. The molecule has 0 fully saturated rings. The number of hydrazine groups is 1. The number of hydrogen-bond acceptors (Lipinski definition) is 5. The van der Waals surface area contributed by atoms with Crippen LogP contribution in [-0.4, -0.2) is 17.1 Å². The second-order valence-corrected chi connectivity index (χ2v) is 4.86. The van der Waals surface area contributed by atoms with Crippen molar-refractivity contribution >= 4 is 5.82 Å². The zero-order valence-electron chi connectivity index (χ0n) is 12.0. The van der Waals surface area contributed by atoms with Crippen LogP contribution in [0, 0.1) is 0 Å². The molecule has 1 unspecified atom stereocenters. The Kier molecular flexibility index (Phi) is 4.65. The number of nitrogens with two attached hydrogens (primary N) is 1. The third kappa shape index (κ3) is 3.12. The van der Waals surface area contributed by atoms with E-state index in [9.17, 15) is 0 Å². The minimum Gasteiger partial charge on any atom is -0.369 e. The summed E-state index contributed by atoms with van der Waals surface area (Å²) in [6, 6.07) is 11.7. The average molecular weight is 272 g/mol. The molecular weight excluding hydrogens is 252 g/mol. The molecule has 1 atom stereocenters. The topological polar surface area (TPSA) is 73.1 Å². The van der Waals surface area contributed by atoms with E-state index in [1.165, 1.54) is 0 Å². The number of nitrogens with zero attached hydrogens (tertiary/aromatic N) is 2. The van der Waals surface area contributed by atoms with Gasteiger partial charge in [0, 0.05) is 18.9 Å². The summed E-state index contributed by atoms with van der Waals surface area (Å²) in [5, 5.41) is 0. The number of nitrogens with one attached hydrogen (secondary N) is 1. The number of methoxy groups -OCH3 is 1. The Bertz CT molecular complexity index is 557. The number of nitrogen functional groups attached to an aromatic ring is 1. The summed E-state index contributed by atoms with van der Waals surface area (Å²) in [5.74, 6) is 6.98. The molecule has 5 nitrogen and oxygen atoms in total. The van der Waals surface area contributed by atoms with E-state index in [1.54, 1.807) is 7.11 Å². The molecular formula is C15H20N4O. The smallest absolute Gasteiger partial charge is 0.164 e. The summed E-state index contributed by atoms with van der Waals surface area (Å²) in [6.07, 6.45) is -0.304. The average Bonchev–Trinajstić information content (AvgIpc) is 2.48. The highest BCUT2D eigenvalue weighted by Gasteiger charge is 2.18. The normalized spacial score (nSPS) is 12.4. The van der Waals surface area contributed by atoms with Crippen LogP contribution in [0.1, 0.15) is 43.0 Å². The fourth-order valence-corrected chi connectivity index (χ4v) is 1.99. The predicted molar refractivity (Wildman–Crippen MR) is 79.2 cm³/mol. The number of benzene rings is 1. The van der Waals surface area contributed by atoms with E-state index in [-0.39, 0.29) is 12.0 Å². The van der Waals surface area contributed by atoms with Crippen LogP contribution in [0.25, 0.3) is 0 Å². The van der Waals surface area contributed by atoms with Crippen molar-refractivity contribution in [2.24, 2.45) is 5.84 Å². The molecule has 2 rings (SSSR count).